The fourth-order valence-electron chi connectivity index (χ4n) is 3.88. The summed E-state index contributed by atoms with van der Waals surface area (Å²) in [5.74, 6) is -2.09. The molecule has 3 heterocycles. The molecule has 10 heteroatoms. The number of hydrogen-bond donors (Lipinski definition) is 2. The summed E-state index contributed by atoms with van der Waals surface area (Å²) in [4.78, 5) is 40.5. The number of carbonyl (C=O) groups excluding carboxylic acids is 2. The number of pyridine rings is 1. The summed E-state index contributed by atoms with van der Waals surface area (Å²) in [6.07, 6.45) is 0. The van der Waals surface area contributed by atoms with Gasteiger partial charge in [0.1, 0.15) is 23.7 Å². The van der Waals surface area contributed by atoms with Gasteiger partial charge >= 0.3 is 0 Å². The monoisotopic (exact) mass is 461 g/mol. The van der Waals surface area contributed by atoms with Crippen LogP contribution in [0, 0.1) is 5.82 Å². The minimum atomic E-state index is -0.956. The maximum absolute atomic E-state index is 13.4. The van der Waals surface area contributed by atoms with Crippen molar-refractivity contribution in [3.63, 3.8) is 0 Å². The fraction of sp³-hybridized carbons (Fsp3) is 0.318. The van der Waals surface area contributed by atoms with E-state index in [0.29, 0.717) is 17.0 Å². The number of amides is 2. The van der Waals surface area contributed by atoms with Crippen molar-refractivity contribution in [1.82, 2.24) is 14.8 Å². The van der Waals surface area contributed by atoms with Crippen LogP contribution in [-0.4, -0.2) is 39.0 Å². The number of carbonyl (C=O) groups is 2. The van der Waals surface area contributed by atoms with Gasteiger partial charge < -0.3 is 24.6 Å². The molecule has 1 aromatic carbocycles. The van der Waals surface area contributed by atoms with E-state index in [4.69, 9.17) is 16.3 Å². The van der Waals surface area contributed by atoms with Gasteiger partial charge in [0, 0.05) is 12.6 Å². The van der Waals surface area contributed by atoms with Crippen molar-refractivity contribution in [1.29, 1.82) is 0 Å². The maximum Gasteiger partial charge on any atom is 0.275 e. The molecule has 32 heavy (non-hydrogen) atoms. The third kappa shape index (κ3) is 3.42. The second-order valence-corrected chi connectivity index (χ2v) is 8.34. The standard InChI is InChI=1S/C22H21ClFN3O5/c1-10(2)26-8-15-11(3)32-9-16-17(19(28)20(29)18(22(26)31)27(15)16)21(30)25-7-12-4-5-14(24)13(23)6-12/h4-6,10,29H,7-9H2,1-3H3,(H,25,30). The van der Waals surface area contributed by atoms with Crippen molar-refractivity contribution in [3.05, 3.63) is 67.5 Å². The molecular formula is C22H21ClFN3O5. The highest BCUT2D eigenvalue weighted by atomic mass is 35.5. The highest BCUT2D eigenvalue weighted by Gasteiger charge is 2.39. The average molecular weight is 462 g/mol. The average Bonchev–Trinajstić information content (AvgIpc) is 2.74. The third-order valence-electron chi connectivity index (χ3n) is 5.62. The normalized spacial score (nSPS) is 15.1. The van der Waals surface area contributed by atoms with Crippen LogP contribution in [-0.2, 0) is 17.9 Å². The van der Waals surface area contributed by atoms with Crippen LogP contribution < -0.4 is 10.7 Å². The van der Waals surface area contributed by atoms with E-state index in [1.807, 2.05) is 13.8 Å². The van der Waals surface area contributed by atoms with Gasteiger partial charge in [-0.15, -0.1) is 0 Å². The SMILES string of the molecule is CC1=C2CN(C(C)C)C(=O)c3c(O)c(=O)c(C(=O)NCc4ccc(F)c(Cl)c4)c(n32)CO1. The molecule has 0 bridgehead atoms. The summed E-state index contributed by atoms with van der Waals surface area (Å²) in [6.45, 7) is 5.45. The molecule has 2 aliphatic heterocycles. The highest BCUT2D eigenvalue weighted by molar-refractivity contribution is 6.30. The quantitative estimate of drug-likeness (QED) is 0.729. The van der Waals surface area contributed by atoms with E-state index < -0.39 is 28.8 Å². The van der Waals surface area contributed by atoms with E-state index in [1.54, 1.807) is 6.92 Å². The number of rotatable bonds is 4. The molecule has 0 unspecified atom stereocenters. The van der Waals surface area contributed by atoms with Crippen molar-refractivity contribution in [3.8, 4) is 5.75 Å². The van der Waals surface area contributed by atoms with Gasteiger partial charge in [-0.25, -0.2) is 4.39 Å². The zero-order valence-corrected chi connectivity index (χ0v) is 18.4. The smallest absolute Gasteiger partial charge is 0.275 e. The number of allylic oxidation sites excluding steroid dienone is 1. The lowest BCUT2D eigenvalue weighted by molar-refractivity contribution is 0.0682. The Kier molecular flexibility index (Phi) is 5.46. The number of aromatic hydroxyl groups is 1. The minimum Gasteiger partial charge on any atom is -0.503 e. The molecule has 0 fully saturated rings. The van der Waals surface area contributed by atoms with Crippen LogP contribution in [0.15, 0.2) is 28.8 Å². The second kappa shape index (κ2) is 7.98. The molecule has 8 nitrogen and oxygen atoms in total. The molecule has 168 valence electrons. The van der Waals surface area contributed by atoms with Crippen molar-refractivity contribution in [2.45, 2.75) is 40.0 Å². The van der Waals surface area contributed by atoms with E-state index in [9.17, 15) is 23.9 Å². The molecule has 0 spiro atoms. The van der Waals surface area contributed by atoms with Crippen LogP contribution in [0.5, 0.6) is 5.75 Å². The van der Waals surface area contributed by atoms with Crippen molar-refractivity contribution >= 4 is 29.1 Å². The minimum absolute atomic E-state index is 0.0249. The Morgan fingerprint density at radius 1 is 1.34 bits per heavy atom. The number of ether oxygens (including phenoxy) is 1. The van der Waals surface area contributed by atoms with E-state index >= 15 is 0 Å². The van der Waals surface area contributed by atoms with Gasteiger partial charge in [0.15, 0.2) is 11.4 Å². The molecular weight excluding hydrogens is 441 g/mol. The third-order valence-corrected chi connectivity index (χ3v) is 5.91. The van der Waals surface area contributed by atoms with Crippen LogP contribution in [0.4, 0.5) is 4.39 Å². The largest absolute Gasteiger partial charge is 0.503 e. The van der Waals surface area contributed by atoms with Crippen molar-refractivity contribution < 1.29 is 23.8 Å². The van der Waals surface area contributed by atoms with E-state index in [-0.39, 0.29) is 47.7 Å². The van der Waals surface area contributed by atoms with Gasteiger partial charge in [0.25, 0.3) is 11.8 Å². The van der Waals surface area contributed by atoms with E-state index in [1.165, 1.54) is 27.7 Å². The number of nitrogens with one attached hydrogen (secondary N) is 1. The molecule has 2 amide bonds. The number of benzene rings is 1. The Balaban J connectivity index is 1.78. The Morgan fingerprint density at radius 3 is 2.72 bits per heavy atom. The van der Waals surface area contributed by atoms with E-state index in [0.717, 1.165) is 0 Å². The fourth-order valence-corrected chi connectivity index (χ4v) is 4.08. The first-order valence-electron chi connectivity index (χ1n) is 9.98. The summed E-state index contributed by atoms with van der Waals surface area (Å²) in [5.41, 5.74) is -0.155. The van der Waals surface area contributed by atoms with Crippen LogP contribution in [0.3, 0.4) is 0 Å². The van der Waals surface area contributed by atoms with Crippen LogP contribution in [0.1, 0.15) is 52.9 Å². The molecule has 2 aromatic rings. The van der Waals surface area contributed by atoms with Gasteiger partial charge in [0.2, 0.25) is 5.43 Å². The van der Waals surface area contributed by atoms with E-state index in [2.05, 4.69) is 5.32 Å². The molecule has 0 saturated heterocycles. The first-order valence-corrected chi connectivity index (χ1v) is 10.4. The Morgan fingerprint density at radius 2 is 2.06 bits per heavy atom. The zero-order chi connectivity index (χ0) is 23.3. The summed E-state index contributed by atoms with van der Waals surface area (Å²) in [7, 11) is 0. The summed E-state index contributed by atoms with van der Waals surface area (Å²) in [5, 5.41) is 13.2. The topological polar surface area (TPSA) is 101 Å². The molecule has 0 atom stereocenters. The molecule has 0 radical (unpaired) electrons. The molecule has 4 rings (SSSR count). The number of halogens is 2. The predicted octanol–water partition coefficient (Wildman–Crippen LogP) is 2.86. The Bertz CT molecular complexity index is 1250. The number of aromatic nitrogens is 1. The first-order chi connectivity index (χ1) is 15.1. The number of nitrogens with zero attached hydrogens (tertiary/aromatic N) is 2. The summed E-state index contributed by atoms with van der Waals surface area (Å²) >= 11 is 5.77. The second-order valence-electron chi connectivity index (χ2n) is 7.93. The van der Waals surface area contributed by atoms with Gasteiger partial charge in [-0.05, 0) is 38.5 Å². The Hall–Kier alpha value is -3.33. The highest BCUT2D eigenvalue weighted by Crippen LogP contribution is 2.34. The molecule has 2 N–H and O–H groups in total. The lowest BCUT2D eigenvalue weighted by atomic mass is 10.0. The number of hydrogen-bond acceptors (Lipinski definition) is 5. The van der Waals surface area contributed by atoms with Crippen LogP contribution >= 0.6 is 11.6 Å². The lowest BCUT2D eigenvalue weighted by Crippen LogP contribution is -2.47. The van der Waals surface area contributed by atoms with Crippen molar-refractivity contribution in [2.24, 2.45) is 0 Å². The molecule has 1 aromatic heterocycles. The lowest BCUT2D eigenvalue weighted by Gasteiger charge is -2.38. The van der Waals surface area contributed by atoms with Gasteiger partial charge in [0.05, 0.1) is 23.0 Å². The summed E-state index contributed by atoms with van der Waals surface area (Å²) < 4.78 is 20.5. The molecule has 2 aliphatic rings. The zero-order valence-electron chi connectivity index (χ0n) is 17.7. The Labute approximate surface area is 187 Å². The van der Waals surface area contributed by atoms with Crippen LogP contribution in [0.2, 0.25) is 5.02 Å². The van der Waals surface area contributed by atoms with Gasteiger partial charge in [-0.2, -0.15) is 0 Å². The molecule has 0 aliphatic carbocycles. The van der Waals surface area contributed by atoms with Gasteiger partial charge in [-0.1, -0.05) is 17.7 Å². The maximum atomic E-state index is 13.4. The first kappa shape index (κ1) is 21.9. The van der Waals surface area contributed by atoms with Gasteiger partial charge in [-0.3, -0.25) is 14.4 Å². The summed E-state index contributed by atoms with van der Waals surface area (Å²) in [6, 6.07) is 3.81. The van der Waals surface area contributed by atoms with Crippen LogP contribution in [0.25, 0.3) is 5.70 Å². The predicted molar refractivity (Wildman–Crippen MR) is 115 cm³/mol. The molecule has 0 saturated carbocycles. The van der Waals surface area contributed by atoms with Crippen molar-refractivity contribution in [2.75, 3.05) is 6.54 Å².